The first kappa shape index (κ1) is 16.9. The Bertz CT molecular complexity index is 838. The second-order valence-electron chi connectivity index (χ2n) is 7.43. The van der Waals surface area contributed by atoms with Crippen molar-refractivity contribution in [3.8, 4) is 11.3 Å². The molecule has 7 heteroatoms. The molecule has 2 aliphatic rings. The van der Waals surface area contributed by atoms with Crippen molar-refractivity contribution in [1.82, 2.24) is 9.97 Å². The molecule has 1 aromatic carbocycles. The topological polar surface area (TPSA) is 81.1 Å². The molecule has 132 valence electrons. The van der Waals surface area contributed by atoms with Crippen LogP contribution in [-0.4, -0.2) is 28.6 Å². The monoisotopic (exact) mass is 377 g/mol. The second kappa shape index (κ2) is 5.73. The van der Waals surface area contributed by atoms with Gasteiger partial charge in [-0.25, -0.2) is 9.97 Å². The smallest absolute Gasteiger partial charge is 0.152 e. The molecule has 1 aliphatic heterocycles. The lowest BCUT2D eigenvalue weighted by Crippen LogP contribution is -2.62. The Morgan fingerprint density at radius 3 is 2.60 bits per heavy atom. The third-order valence-corrected chi connectivity index (χ3v) is 6.82. The molecule has 4 rings (SSSR count). The molecule has 0 amide bonds. The number of rotatable bonds is 2. The summed E-state index contributed by atoms with van der Waals surface area (Å²) in [6, 6.07) is 5.40. The number of nitrogens with zero attached hydrogens (tertiary/aromatic N) is 3. The standard InChI is InChI=1S/C18H21Cl2N5/c1-17(22)5-6-18(17)7-8-25(10-18)13-9-23-15(16(21)24-13)11-3-2-4-12(19)14(11)20/h2-4,9H,5-8,10,22H2,1H3,(H2,21,24)/t17-,18+/m0/s1. The van der Waals surface area contributed by atoms with Gasteiger partial charge in [-0.3, -0.25) is 0 Å². The highest BCUT2D eigenvalue weighted by molar-refractivity contribution is 6.43. The van der Waals surface area contributed by atoms with Crippen molar-refractivity contribution >= 4 is 34.8 Å². The van der Waals surface area contributed by atoms with Crippen molar-refractivity contribution in [2.75, 3.05) is 23.7 Å². The maximum Gasteiger partial charge on any atom is 0.152 e. The van der Waals surface area contributed by atoms with Gasteiger partial charge in [0.1, 0.15) is 11.5 Å². The maximum atomic E-state index is 6.45. The second-order valence-corrected chi connectivity index (χ2v) is 8.22. The molecule has 25 heavy (non-hydrogen) atoms. The highest BCUT2D eigenvalue weighted by Crippen LogP contribution is 2.54. The molecular weight excluding hydrogens is 357 g/mol. The first-order chi connectivity index (χ1) is 11.8. The molecule has 0 bridgehead atoms. The van der Waals surface area contributed by atoms with Crippen LogP contribution in [0.3, 0.4) is 0 Å². The number of halogens is 2. The van der Waals surface area contributed by atoms with Gasteiger partial charge in [0.2, 0.25) is 0 Å². The van der Waals surface area contributed by atoms with Crippen molar-refractivity contribution in [2.45, 2.75) is 31.7 Å². The molecule has 1 aromatic heterocycles. The molecule has 1 spiro atoms. The zero-order valence-corrected chi connectivity index (χ0v) is 15.6. The van der Waals surface area contributed by atoms with E-state index in [9.17, 15) is 0 Å². The van der Waals surface area contributed by atoms with Gasteiger partial charge in [-0.1, -0.05) is 35.3 Å². The highest BCUT2D eigenvalue weighted by Gasteiger charge is 2.56. The van der Waals surface area contributed by atoms with Crippen LogP contribution >= 0.6 is 23.2 Å². The fourth-order valence-corrected chi connectivity index (χ4v) is 4.44. The Kier molecular flexibility index (Phi) is 3.87. The van der Waals surface area contributed by atoms with Crippen LogP contribution < -0.4 is 16.4 Å². The molecule has 2 fully saturated rings. The van der Waals surface area contributed by atoms with Crippen molar-refractivity contribution in [3.05, 3.63) is 34.4 Å². The number of hydrogen-bond acceptors (Lipinski definition) is 5. The minimum atomic E-state index is -0.0883. The first-order valence-electron chi connectivity index (χ1n) is 8.44. The Morgan fingerprint density at radius 1 is 1.20 bits per heavy atom. The minimum absolute atomic E-state index is 0.0883. The summed E-state index contributed by atoms with van der Waals surface area (Å²) in [6.45, 7) is 3.99. The molecule has 1 saturated carbocycles. The molecule has 2 aromatic rings. The van der Waals surface area contributed by atoms with Crippen LogP contribution in [0, 0.1) is 5.41 Å². The summed E-state index contributed by atoms with van der Waals surface area (Å²) in [7, 11) is 0. The van der Waals surface area contributed by atoms with E-state index in [1.165, 1.54) is 6.42 Å². The van der Waals surface area contributed by atoms with Gasteiger partial charge in [0.05, 0.1) is 16.2 Å². The number of nitrogen functional groups attached to an aromatic ring is 1. The molecule has 4 N–H and O–H groups in total. The largest absolute Gasteiger partial charge is 0.382 e. The van der Waals surface area contributed by atoms with Gasteiger partial charge in [0.15, 0.2) is 5.82 Å². The first-order valence-corrected chi connectivity index (χ1v) is 9.19. The van der Waals surface area contributed by atoms with E-state index >= 15 is 0 Å². The predicted molar refractivity (Wildman–Crippen MR) is 103 cm³/mol. The maximum absolute atomic E-state index is 6.45. The molecule has 5 nitrogen and oxygen atoms in total. The fraction of sp³-hybridized carbons (Fsp3) is 0.444. The lowest BCUT2D eigenvalue weighted by molar-refractivity contribution is 0.0342. The molecule has 0 unspecified atom stereocenters. The third kappa shape index (κ3) is 2.57. The van der Waals surface area contributed by atoms with Gasteiger partial charge in [-0.05, 0) is 32.3 Å². The molecule has 0 radical (unpaired) electrons. The number of nitrogens with two attached hydrogens (primary N) is 2. The summed E-state index contributed by atoms with van der Waals surface area (Å²) in [5.74, 6) is 1.14. The quantitative estimate of drug-likeness (QED) is 0.832. The van der Waals surface area contributed by atoms with E-state index in [4.69, 9.17) is 34.7 Å². The number of benzene rings is 1. The molecule has 1 aliphatic carbocycles. The van der Waals surface area contributed by atoms with Gasteiger partial charge in [0.25, 0.3) is 0 Å². The third-order valence-electron chi connectivity index (χ3n) is 6.01. The Balaban J connectivity index is 1.62. The van der Waals surface area contributed by atoms with Gasteiger partial charge < -0.3 is 16.4 Å². The zero-order chi connectivity index (χ0) is 17.8. The van der Waals surface area contributed by atoms with Crippen LogP contribution in [0.5, 0.6) is 0 Å². The molecule has 1 saturated heterocycles. The van der Waals surface area contributed by atoms with E-state index in [1.54, 1.807) is 12.3 Å². The van der Waals surface area contributed by atoms with E-state index in [0.717, 1.165) is 31.7 Å². The Morgan fingerprint density at radius 2 is 2.00 bits per heavy atom. The van der Waals surface area contributed by atoms with Crippen LogP contribution in [0.1, 0.15) is 26.2 Å². The van der Waals surface area contributed by atoms with Crippen LogP contribution in [0.15, 0.2) is 24.4 Å². The lowest BCUT2D eigenvalue weighted by atomic mass is 9.55. The van der Waals surface area contributed by atoms with E-state index in [0.29, 0.717) is 27.1 Å². The summed E-state index contributed by atoms with van der Waals surface area (Å²) >= 11 is 12.4. The van der Waals surface area contributed by atoms with Gasteiger partial charge in [-0.15, -0.1) is 0 Å². The Hall–Kier alpha value is -1.56. The van der Waals surface area contributed by atoms with E-state index in [-0.39, 0.29) is 11.0 Å². The summed E-state index contributed by atoms with van der Waals surface area (Å²) < 4.78 is 0. The Labute approximate surface area is 157 Å². The predicted octanol–water partition coefficient (Wildman–Crippen LogP) is 3.74. The normalized spacial score (nSPS) is 28.4. The number of anilines is 2. The van der Waals surface area contributed by atoms with Crippen LogP contribution in [-0.2, 0) is 0 Å². The van der Waals surface area contributed by atoms with E-state index in [2.05, 4.69) is 21.8 Å². The average Bonchev–Trinajstić information content (AvgIpc) is 3.05. The summed E-state index contributed by atoms with van der Waals surface area (Å²) in [5.41, 5.74) is 14.0. The van der Waals surface area contributed by atoms with Crippen molar-refractivity contribution in [1.29, 1.82) is 0 Å². The van der Waals surface area contributed by atoms with Gasteiger partial charge in [0, 0.05) is 29.6 Å². The van der Waals surface area contributed by atoms with E-state index in [1.807, 2.05) is 12.1 Å². The van der Waals surface area contributed by atoms with Crippen LogP contribution in [0.4, 0.5) is 11.6 Å². The average molecular weight is 378 g/mol. The van der Waals surface area contributed by atoms with E-state index < -0.39 is 0 Å². The number of aromatic nitrogens is 2. The van der Waals surface area contributed by atoms with Crippen LogP contribution in [0.25, 0.3) is 11.3 Å². The zero-order valence-electron chi connectivity index (χ0n) is 14.1. The van der Waals surface area contributed by atoms with Crippen molar-refractivity contribution in [3.63, 3.8) is 0 Å². The summed E-state index contributed by atoms with van der Waals surface area (Å²) in [4.78, 5) is 11.3. The molecule has 2 atom stereocenters. The van der Waals surface area contributed by atoms with Gasteiger partial charge >= 0.3 is 0 Å². The molecular formula is C18H21Cl2N5. The lowest BCUT2D eigenvalue weighted by Gasteiger charge is -2.54. The molecule has 2 heterocycles. The fourth-order valence-electron chi connectivity index (χ4n) is 4.05. The summed E-state index contributed by atoms with van der Waals surface area (Å²) in [6.07, 6.45) is 5.11. The SMILES string of the molecule is C[C@]1(N)CC[C@]12CCN(c1cnc(-c3cccc(Cl)c3Cl)c(N)n1)C2. The van der Waals surface area contributed by atoms with Crippen molar-refractivity contribution < 1.29 is 0 Å². The highest BCUT2D eigenvalue weighted by atomic mass is 35.5. The summed E-state index contributed by atoms with van der Waals surface area (Å²) in [5, 5.41) is 0.907. The number of hydrogen-bond donors (Lipinski definition) is 2. The van der Waals surface area contributed by atoms with Gasteiger partial charge in [-0.2, -0.15) is 0 Å². The minimum Gasteiger partial charge on any atom is -0.382 e. The van der Waals surface area contributed by atoms with Crippen molar-refractivity contribution in [2.24, 2.45) is 11.1 Å². The van der Waals surface area contributed by atoms with Crippen LogP contribution in [0.2, 0.25) is 10.0 Å².